The Kier molecular flexibility index (Phi) is 9.02. The van der Waals surface area contributed by atoms with E-state index in [1.54, 1.807) is 17.9 Å². The van der Waals surface area contributed by atoms with Crippen molar-refractivity contribution < 1.29 is 19.1 Å². The third kappa shape index (κ3) is 6.71. The second-order valence-electron chi connectivity index (χ2n) is 10.7. The molecular weight excluding hydrogens is 470 g/mol. The van der Waals surface area contributed by atoms with Gasteiger partial charge in [-0.05, 0) is 52.7 Å². The van der Waals surface area contributed by atoms with Crippen molar-refractivity contribution in [1.29, 1.82) is 0 Å². The van der Waals surface area contributed by atoms with Crippen LogP contribution in [0.15, 0.2) is 48.2 Å². The Morgan fingerprint density at radius 2 is 1.95 bits per heavy atom. The molecule has 2 heterocycles. The molecule has 3 rings (SSSR count). The number of ether oxygens (including phenoxy) is 1. The molecule has 2 aliphatic heterocycles. The van der Waals surface area contributed by atoms with Gasteiger partial charge in [-0.15, -0.1) is 6.58 Å². The van der Waals surface area contributed by atoms with Gasteiger partial charge < -0.3 is 20.3 Å². The molecule has 2 atom stereocenters. The largest absolute Gasteiger partial charge is 0.463 e. The number of aryl methyl sites for hydroxylation is 1. The summed E-state index contributed by atoms with van der Waals surface area (Å²) in [7, 11) is 0. The number of carbonyl (C=O) groups is 3. The number of nitrogens with zero attached hydrogens (tertiary/aromatic N) is 3. The van der Waals surface area contributed by atoms with Gasteiger partial charge >= 0.3 is 18.0 Å². The number of hydrogen-bond donors (Lipinski definition) is 2. The maximum absolute atomic E-state index is 13.4. The van der Waals surface area contributed by atoms with Crippen LogP contribution in [0.4, 0.5) is 9.59 Å². The van der Waals surface area contributed by atoms with E-state index in [-0.39, 0.29) is 36.8 Å². The zero-order valence-corrected chi connectivity index (χ0v) is 23.0. The molecule has 0 bridgehead atoms. The van der Waals surface area contributed by atoms with Crippen LogP contribution in [0.25, 0.3) is 0 Å². The molecule has 0 spiro atoms. The van der Waals surface area contributed by atoms with E-state index in [0.717, 1.165) is 11.1 Å². The quantitative estimate of drug-likeness (QED) is 0.431. The predicted molar refractivity (Wildman–Crippen MR) is 144 cm³/mol. The van der Waals surface area contributed by atoms with Gasteiger partial charge in [-0.2, -0.15) is 0 Å². The third-order valence-electron chi connectivity index (χ3n) is 6.57. The van der Waals surface area contributed by atoms with Crippen LogP contribution in [-0.2, 0) is 9.53 Å². The lowest BCUT2D eigenvalue weighted by Crippen LogP contribution is -2.59. The number of benzene rings is 1. The summed E-state index contributed by atoms with van der Waals surface area (Å²) in [6.07, 6.45) is 1.65. The van der Waals surface area contributed by atoms with E-state index in [1.165, 1.54) is 0 Å². The van der Waals surface area contributed by atoms with Gasteiger partial charge in [0, 0.05) is 50.0 Å². The zero-order chi connectivity index (χ0) is 27.3. The van der Waals surface area contributed by atoms with Gasteiger partial charge in [-0.1, -0.05) is 30.3 Å². The highest BCUT2D eigenvalue weighted by atomic mass is 16.5. The maximum atomic E-state index is 13.4. The molecule has 0 radical (unpaired) electrons. The van der Waals surface area contributed by atoms with Crippen molar-refractivity contribution in [3.8, 4) is 0 Å². The van der Waals surface area contributed by atoms with Gasteiger partial charge in [-0.3, -0.25) is 9.80 Å². The molecule has 0 saturated carbocycles. The number of piperazine rings is 1. The van der Waals surface area contributed by atoms with Crippen molar-refractivity contribution >= 4 is 18.0 Å². The Bertz CT molecular complexity index is 1060. The lowest BCUT2D eigenvalue weighted by Gasteiger charge is -2.43. The van der Waals surface area contributed by atoms with Gasteiger partial charge in [0.05, 0.1) is 18.2 Å². The topological polar surface area (TPSA) is 94.2 Å². The number of rotatable bonds is 7. The Morgan fingerprint density at radius 1 is 1.24 bits per heavy atom. The normalized spacial score (nSPS) is 21.0. The molecule has 2 N–H and O–H groups in total. The molecule has 4 amide bonds. The van der Waals surface area contributed by atoms with E-state index in [4.69, 9.17) is 4.74 Å². The summed E-state index contributed by atoms with van der Waals surface area (Å²) in [5, 5.41) is 6.05. The molecule has 1 aromatic carbocycles. The number of hydrogen-bond acceptors (Lipinski definition) is 5. The smallest absolute Gasteiger partial charge is 0.338 e. The molecule has 0 aliphatic carbocycles. The molecule has 0 aromatic heterocycles. The first-order chi connectivity index (χ1) is 17.5. The Morgan fingerprint density at radius 3 is 2.54 bits per heavy atom. The van der Waals surface area contributed by atoms with Crippen LogP contribution in [0.1, 0.15) is 51.8 Å². The Labute approximate surface area is 220 Å². The molecule has 9 heteroatoms. The van der Waals surface area contributed by atoms with E-state index in [1.807, 2.05) is 63.8 Å². The van der Waals surface area contributed by atoms with Crippen LogP contribution in [-0.4, -0.2) is 83.6 Å². The number of urea groups is 2. The van der Waals surface area contributed by atoms with E-state index in [0.29, 0.717) is 37.4 Å². The molecule has 1 saturated heterocycles. The van der Waals surface area contributed by atoms with E-state index in [2.05, 4.69) is 22.1 Å². The SMILES string of the molecule is C=CCN1C(=O)N[C@H](c2ccccc2C)C(C(=O)OCC)=C1CN1CCN(C(=O)NC(C)(C)C)[C@@H](C)C1. The van der Waals surface area contributed by atoms with Crippen LogP contribution in [0.2, 0.25) is 0 Å². The lowest BCUT2D eigenvalue weighted by atomic mass is 9.91. The highest BCUT2D eigenvalue weighted by Gasteiger charge is 2.40. The molecule has 202 valence electrons. The van der Waals surface area contributed by atoms with Crippen LogP contribution in [0, 0.1) is 6.92 Å². The average Bonchev–Trinajstić information content (AvgIpc) is 2.80. The second kappa shape index (κ2) is 11.8. The molecule has 37 heavy (non-hydrogen) atoms. The summed E-state index contributed by atoms with van der Waals surface area (Å²) in [5.74, 6) is -0.448. The van der Waals surface area contributed by atoms with Crippen molar-refractivity contribution in [2.45, 2.75) is 59.2 Å². The minimum Gasteiger partial charge on any atom is -0.463 e. The number of amides is 4. The van der Waals surface area contributed by atoms with Gasteiger partial charge in [0.1, 0.15) is 0 Å². The van der Waals surface area contributed by atoms with E-state index in [9.17, 15) is 14.4 Å². The monoisotopic (exact) mass is 511 g/mol. The fraction of sp³-hybridized carbons (Fsp3) is 0.536. The standard InChI is InChI=1S/C28H41N5O4/c1-8-14-33-22(18-31-15-16-32(20(4)17-31)27(36)30-28(5,6)7)23(25(34)37-9-2)24(29-26(33)35)21-13-11-10-12-19(21)3/h8,10-13,20,24H,1,9,14-18H2,2-7H3,(H,29,35)(H,30,36)/t20-,24+/m0/s1. The molecule has 9 nitrogen and oxygen atoms in total. The summed E-state index contributed by atoms with van der Waals surface area (Å²) in [6.45, 7) is 18.1. The summed E-state index contributed by atoms with van der Waals surface area (Å²) in [4.78, 5) is 45.1. The first-order valence-electron chi connectivity index (χ1n) is 12.9. The maximum Gasteiger partial charge on any atom is 0.338 e. The summed E-state index contributed by atoms with van der Waals surface area (Å²) < 4.78 is 5.49. The van der Waals surface area contributed by atoms with Crippen molar-refractivity contribution in [3.63, 3.8) is 0 Å². The third-order valence-corrected chi connectivity index (χ3v) is 6.57. The van der Waals surface area contributed by atoms with Crippen molar-refractivity contribution in [2.75, 3.05) is 39.3 Å². The number of carbonyl (C=O) groups excluding carboxylic acids is 3. The van der Waals surface area contributed by atoms with Crippen molar-refractivity contribution in [1.82, 2.24) is 25.3 Å². The summed E-state index contributed by atoms with van der Waals surface area (Å²) >= 11 is 0. The second-order valence-corrected chi connectivity index (χ2v) is 10.7. The Hall–Kier alpha value is -3.33. The number of nitrogens with one attached hydrogen (secondary N) is 2. The zero-order valence-electron chi connectivity index (χ0n) is 23.0. The molecule has 1 fully saturated rings. The van der Waals surface area contributed by atoms with Crippen LogP contribution in [0.3, 0.4) is 0 Å². The minimum atomic E-state index is -0.625. The van der Waals surface area contributed by atoms with Gasteiger partial charge in [0.2, 0.25) is 0 Å². The number of esters is 1. The minimum absolute atomic E-state index is 0.0415. The van der Waals surface area contributed by atoms with Crippen LogP contribution >= 0.6 is 0 Å². The highest BCUT2D eigenvalue weighted by Crippen LogP contribution is 2.33. The summed E-state index contributed by atoms with van der Waals surface area (Å²) in [5.41, 5.74) is 2.54. The first kappa shape index (κ1) is 28.2. The van der Waals surface area contributed by atoms with Gasteiger partial charge in [0.15, 0.2) is 0 Å². The summed E-state index contributed by atoms with van der Waals surface area (Å²) in [6, 6.07) is 6.68. The van der Waals surface area contributed by atoms with Gasteiger partial charge in [0.25, 0.3) is 0 Å². The molecule has 2 aliphatic rings. The van der Waals surface area contributed by atoms with Crippen molar-refractivity contribution in [2.24, 2.45) is 0 Å². The van der Waals surface area contributed by atoms with Crippen LogP contribution < -0.4 is 10.6 Å². The molecule has 0 unspecified atom stereocenters. The van der Waals surface area contributed by atoms with Crippen molar-refractivity contribution in [3.05, 3.63) is 59.3 Å². The van der Waals surface area contributed by atoms with Crippen LogP contribution in [0.5, 0.6) is 0 Å². The first-order valence-corrected chi connectivity index (χ1v) is 12.9. The molecular formula is C28H41N5O4. The Balaban J connectivity index is 1.97. The van der Waals surface area contributed by atoms with Gasteiger partial charge in [-0.25, -0.2) is 14.4 Å². The fourth-order valence-electron chi connectivity index (χ4n) is 4.87. The molecule has 1 aromatic rings. The fourth-order valence-corrected chi connectivity index (χ4v) is 4.87. The van der Waals surface area contributed by atoms with E-state index < -0.39 is 12.0 Å². The highest BCUT2D eigenvalue weighted by molar-refractivity contribution is 5.95. The predicted octanol–water partition coefficient (Wildman–Crippen LogP) is 3.58. The lowest BCUT2D eigenvalue weighted by molar-refractivity contribution is -0.139. The average molecular weight is 512 g/mol. The van der Waals surface area contributed by atoms with E-state index >= 15 is 0 Å².